The lowest BCUT2D eigenvalue weighted by atomic mass is 10.0. The van der Waals surface area contributed by atoms with Crippen molar-refractivity contribution in [1.82, 2.24) is 5.32 Å². The predicted molar refractivity (Wildman–Crippen MR) is 183 cm³/mol. The lowest BCUT2D eigenvalue weighted by Gasteiger charge is -2.25. The summed E-state index contributed by atoms with van der Waals surface area (Å²) in [5.74, 6) is -0.418. The Balaban J connectivity index is 2.22. The number of unbranched alkanes of at least 4 members (excludes halogenated alkanes) is 15. The third-order valence-electron chi connectivity index (χ3n) is 7.63. The zero-order valence-corrected chi connectivity index (χ0v) is 29.9. The number of carbonyl (C=O) groups is 1. The maximum atomic E-state index is 12.6. The highest BCUT2D eigenvalue weighted by atomic mass is 31.2. The second kappa shape index (κ2) is 26.7. The highest BCUT2D eigenvalue weighted by molar-refractivity contribution is 7.47. The fourth-order valence-corrected chi connectivity index (χ4v) is 5.75. The monoisotopic (exact) mass is 657 g/mol. The SMILES string of the molecule is CCCCCCCCCCCCCCCCCCOCC(CNCC(=O)OCc1ccccc1)OP(=O)(O)OCC[N+](C)(C)C. The summed E-state index contributed by atoms with van der Waals surface area (Å²) in [7, 11) is 1.63. The first-order chi connectivity index (χ1) is 21.6. The Bertz CT molecular complexity index is 882. The molecule has 0 radical (unpaired) electrons. The van der Waals surface area contributed by atoms with Crippen molar-refractivity contribution in [2.75, 3.05) is 60.6 Å². The van der Waals surface area contributed by atoms with Crippen LogP contribution in [0.4, 0.5) is 0 Å². The average Bonchev–Trinajstić information content (AvgIpc) is 2.99. The fraction of sp³-hybridized carbons (Fsp3) is 0.800. The van der Waals surface area contributed by atoms with Gasteiger partial charge in [0.15, 0.2) is 0 Å². The van der Waals surface area contributed by atoms with Gasteiger partial charge in [0, 0.05) is 13.2 Å². The molecule has 0 fully saturated rings. The summed E-state index contributed by atoms with van der Waals surface area (Å²) in [5, 5.41) is 2.96. The fourth-order valence-electron chi connectivity index (χ4n) is 4.87. The van der Waals surface area contributed by atoms with Crippen LogP contribution >= 0.6 is 7.82 Å². The summed E-state index contributed by atoms with van der Waals surface area (Å²) < 4.78 is 34.9. The largest absolute Gasteiger partial charge is 0.472 e. The molecule has 262 valence electrons. The lowest BCUT2D eigenvalue weighted by molar-refractivity contribution is -0.870. The van der Waals surface area contributed by atoms with E-state index in [9.17, 15) is 14.3 Å². The minimum absolute atomic E-state index is 0.0517. The average molecular weight is 658 g/mol. The molecule has 0 saturated heterocycles. The number of esters is 1. The quantitative estimate of drug-likeness (QED) is 0.0361. The van der Waals surface area contributed by atoms with Crippen molar-refractivity contribution in [2.24, 2.45) is 0 Å². The van der Waals surface area contributed by atoms with Crippen LogP contribution in [0.3, 0.4) is 0 Å². The van der Waals surface area contributed by atoms with E-state index in [1.807, 2.05) is 51.5 Å². The van der Waals surface area contributed by atoms with Crippen LogP contribution in [0.5, 0.6) is 0 Å². The molecule has 45 heavy (non-hydrogen) atoms. The summed E-state index contributed by atoms with van der Waals surface area (Å²) in [6, 6.07) is 9.46. The molecule has 1 aromatic rings. The van der Waals surface area contributed by atoms with Crippen LogP contribution in [0, 0.1) is 0 Å². The van der Waals surface area contributed by atoms with E-state index in [-0.39, 0.29) is 32.9 Å². The zero-order valence-electron chi connectivity index (χ0n) is 29.0. The Kier molecular flexibility index (Phi) is 24.8. The number of carbonyl (C=O) groups excluding carboxylic acids is 1. The van der Waals surface area contributed by atoms with E-state index >= 15 is 0 Å². The summed E-state index contributed by atoms with van der Waals surface area (Å²) in [4.78, 5) is 22.4. The van der Waals surface area contributed by atoms with E-state index in [1.54, 1.807) is 0 Å². The molecular formula is C35H66N2O7P+. The van der Waals surface area contributed by atoms with Gasteiger partial charge in [-0.15, -0.1) is 0 Å². The number of benzene rings is 1. The minimum atomic E-state index is -4.29. The van der Waals surface area contributed by atoms with Crippen LogP contribution < -0.4 is 5.32 Å². The number of nitrogens with one attached hydrogen (secondary N) is 1. The van der Waals surface area contributed by atoms with Crippen molar-refractivity contribution < 1.29 is 37.3 Å². The Morgan fingerprint density at radius 2 is 1.36 bits per heavy atom. The Hall–Kier alpha value is -1.32. The van der Waals surface area contributed by atoms with Crippen LogP contribution in [0.25, 0.3) is 0 Å². The van der Waals surface area contributed by atoms with Gasteiger partial charge in [-0.2, -0.15) is 0 Å². The van der Waals surface area contributed by atoms with Crippen LogP contribution in [0.1, 0.15) is 115 Å². The van der Waals surface area contributed by atoms with Crippen molar-refractivity contribution in [3.63, 3.8) is 0 Å². The number of rotatable bonds is 31. The molecule has 2 atom stereocenters. The van der Waals surface area contributed by atoms with Crippen molar-refractivity contribution >= 4 is 13.8 Å². The number of phosphoric ester groups is 1. The molecule has 2 unspecified atom stereocenters. The van der Waals surface area contributed by atoms with E-state index in [2.05, 4.69) is 12.2 Å². The van der Waals surface area contributed by atoms with Crippen LogP contribution in [-0.4, -0.2) is 82.0 Å². The standard InChI is InChI=1S/C35H65N2O7P/c1-5-6-7-8-9-10-11-12-13-14-15-16-17-18-19-23-27-41-32-34(44-45(39,40)43-28-26-37(2,3)4)29-36-30-35(38)42-31-33-24-21-20-22-25-33/h20-22,24-25,34,36H,5-19,23,26-32H2,1-4H3/p+1. The molecule has 10 heteroatoms. The number of hydrogen-bond donors (Lipinski definition) is 2. The van der Waals surface area contributed by atoms with Gasteiger partial charge in [-0.25, -0.2) is 4.57 Å². The van der Waals surface area contributed by atoms with E-state index in [4.69, 9.17) is 18.5 Å². The maximum Gasteiger partial charge on any atom is 0.472 e. The molecule has 0 aliphatic rings. The first kappa shape index (κ1) is 41.7. The van der Waals surface area contributed by atoms with Crippen molar-refractivity contribution in [1.29, 1.82) is 0 Å². The molecule has 0 saturated carbocycles. The molecule has 0 aliphatic carbocycles. The van der Waals surface area contributed by atoms with Gasteiger partial charge in [0.2, 0.25) is 0 Å². The smallest absolute Gasteiger partial charge is 0.460 e. The molecular weight excluding hydrogens is 591 g/mol. The zero-order chi connectivity index (χ0) is 33.1. The minimum Gasteiger partial charge on any atom is -0.460 e. The summed E-state index contributed by atoms with van der Waals surface area (Å²) in [5.41, 5.74) is 0.904. The Morgan fingerprint density at radius 3 is 1.89 bits per heavy atom. The van der Waals surface area contributed by atoms with Gasteiger partial charge in [0.25, 0.3) is 0 Å². The third kappa shape index (κ3) is 27.5. The third-order valence-corrected chi connectivity index (χ3v) is 8.70. The number of nitrogens with zero attached hydrogens (tertiary/aromatic N) is 1. The van der Waals surface area contributed by atoms with Crippen molar-refractivity contribution in [2.45, 2.75) is 122 Å². The highest BCUT2D eigenvalue weighted by Crippen LogP contribution is 2.44. The van der Waals surface area contributed by atoms with Gasteiger partial charge in [0.05, 0.1) is 34.3 Å². The molecule has 0 bridgehead atoms. The molecule has 0 heterocycles. The first-order valence-electron chi connectivity index (χ1n) is 17.6. The summed E-state index contributed by atoms with van der Waals surface area (Å²) >= 11 is 0. The molecule has 0 spiro atoms. The Morgan fingerprint density at radius 1 is 0.822 bits per heavy atom. The summed E-state index contributed by atoms with van der Waals surface area (Å²) in [6.45, 7) is 3.86. The van der Waals surface area contributed by atoms with Gasteiger partial charge in [-0.05, 0) is 12.0 Å². The van der Waals surface area contributed by atoms with Gasteiger partial charge in [-0.1, -0.05) is 134 Å². The molecule has 2 N–H and O–H groups in total. The molecule has 1 rings (SSSR count). The van der Waals surface area contributed by atoms with Gasteiger partial charge in [0.1, 0.15) is 25.9 Å². The second-order valence-corrected chi connectivity index (χ2v) is 14.6. The molecule has 0 amide bonds. The molecule has 0 aliphatic heterocycles. The number of phosphoric acid groups is 1. The molecule has 0 aromatic heterocycles. The number of likely N-dealkylation sites (N-methyl/N-ethyl adjacent to an activating group) is 1. The number of ether oxygens (including phenoxy) is 2. The van der Waals surface area contributed by atoms with Crippen molar-refractivity contribution in [3.05, 3.63) is 35.9 Å². The van der Waals surface area contributed by atoms with Gasteiger partial charge >= 0.3 is 13.8 Å². The second-order valence-electron chi connectivity index (χ2n) is 13.2. The van der Waals surface area contributed by atoms with E-state index in [0.29, 0.717) is 17.6 Å². The van der Waals surface area contributed by atoms with E-state index in [0.717, 1.165) is 18.4 Å². The van der Waals surface area contributed by atoms with Crippen LogP contribution in [0.15, 0.2) is 30.3 Å². The maximum absolute atomic E-state index is 12.6. The summed E-state index contributed by atoms with van der Waals surface area (Å²) in [6.07, 6.45) is 20.2. The highest BCUT2D eigenvalue weighted by Gasteiger charge is 2.28. The van der Waals surface area contributed by atoms with Crippen LogP contribution in [-0.2, 0) is 34.5 Å². The Labute approximate surface area is 274 Å². The van der Waals surface area contributed by atoms with Crippen molar-refractivity contribution in [3.8, 4) is 0 Å². The van der Waals surface area contributed by atoms with Crippen LogP contribution in [0.2, 0.25) is 0 Å². The van der Waals surface area contributed by atoms with E-state index in [1.165, 1.54) is 89.9 Å². The predicted octanol–water partition coefficient (Wildman–Crippen LogP) is 7.81. The number of hydrogen-bond acceptors (Lipinski definition) is 7. The first-order valence-corrected chi connectivity index (χ1v) is 19.0. The number of quaternary nitrogens is 1. The molecule has 1 aromatic carbocycles. The van der Waals surface area contributed by atoms with Gasteiger partial charge < -0.3 is 24.2 Å². The molecule has 9 nitrogen and oxygen atoms in total. The lowest BCUT2D eigenvalue weighted by Crippen LogP contribution is -2.38. The van der Waals surface area contributed by atoms with Gasteiger partial charge in [-0.3, -0.25) is 13.8 Å². The van der Waals surface area contributed by atoms with E-state index < -0.39 is 19.9 Å². The normalized spacial score (nSPS) is 13.9. The topological polar surface area (TPSA) is 103 Å².